The number of hydrogen-bond donors (Lipinski definition) is 3. The van der Waals surface area contributed by atoms with E-state index < -0.39 is 42.9 Å². The van der Waals surface area contributed by atoms with Gasteiger partial charge in [-0.2, -0.15) is 4.98 Å². The molecule has 0 aliphatic carbocycles. The topological polar surface area (TPSA) is 137 Å². The number of halogens is 2. The molecule has 0 bridgehead atoms. The van der Waals surface area contributed by atoms with Crippen LogP contribution in [-0.2, 0) is 20.2 Å². The minimum Gasteiger partial charge on any atom is -0.387 e. The van der Waals surface area contributed by atoms with Gasteiger partial charge in [-0.15, -0.1) is 0 Å². The first-order chi connectivity index (χ1) is 10.6. The largest absolute Gasteiger partial charge is 0.387 e. The summed E-state index contributed by atoms with van der Waals surface area (Å²) >= 11 is 10.5. The lowest BCUT2D eigenvalue weighted by molar-refractivity contribution is -0.0507. The van der Waals surface area contributed by atoms with Crippen LogP contribution in [0.4, 0.5) is 5.82 Å². The zero-order chi connectivity index (χ0) is 17.4. The SMILES string of the molecule is CCc1cn([C@@H]2O[C@H](COP(=O)(Cl)Cl)[C@H](O)[C@@H]2O)c(=O)nc1N. The third-order valence-corrected chi connectivity index (χ3v) is 4.48. The van der Waals surface area contributed by atoms with E-state index in [-0.39, 0.29) is 5.82 Å². The number of ether oxygens (including phenoxy) is 1. The second kappa shape index (κ2) is 7.06. The Labute approximate surface area is 141 Å². The van der Waals surface area contributed by atoms with Crippen molar-refractivity contribution in [2.75, 3.05) is 12.3 Å². The van der Waals surface area contributed by atoms with E-state index in [0.29, 0.717) is 12.0 Å². The summed E-state index contributed by atoms with van der Waals surface area (Å²) in [7, 11) is 0. The van der Waals surface area contributed by atoms with Gasteiger partial charge in [0.25, 0.3) is 0 Å². The number of anilines is 1. The predicted octanol–water partition coefficient (Wildman–Crippen LogP) is 0.609. The highest BCUT2D eigenvalue weighted by molar-refractivity contribution is 8.05. The summed E-state index contributed by atoms with van der Waals surface area (Å²) in [6.07, 6.45) is -6.99. The van der Waals surface area contributed by atoms with Gasteiger partial charge in [-0.05, 0) is 28.9 Å². The summed E-state index contributed by atoms with van der Waals surface area (Å²) in [6, 6.07) is 0. The first-order valence-corrected chi connectivity index (χ1v) is 10.1. The zero-order valence-electron chi connectivity index (χ0n) is 12.0. The van der Waals surface area contributed by atoms with Gasteiger partial charge in [0.1, 0.15) is 24.1 Å². The summed E-state index contributed by atoms with van der Waals surface area (Å²) in [5.41, 5.74) is 5.47. The minimum atomic E-state index is -3.81. The van der Waals surface area contributed by atoms with Crippen LogP contribution in [0.5, 0.6) is 0 Å². The molecule has 130 valence electrons. The fraction of sp³-hybridized carbons (Fsp3) is 0.636. The molecule has 4 N–H and O–H groups in total. The first-order valence-electron chi connectivity index (χ1n) is 6.67. The van der Waals surface area contributed by atoms with Crippen LogP contribution >= 0.6 is 28.6 Å². The smallest absolute Gasteiger partial charge is 0.380 e. The summed E-state index contributed by atoms with van der Waals surface area (Å²) in [4.78, 5) is 15.6. The van der Waals surface area contributed by atoms with Gasteiger partial charge in [0, 0.05) is 11.8 Å². The van der Waals surface area contributed by atoms with Gasteiger partial charge in [0.05, 0.1) is 6.61 Å². The third kappa shape index (κ3) is 4.24. The van der Waals surface area contributed by atoms with E-state index in [2.05, 4.69) is 9.51 Å². The predicted molar refractivity (Wildman–Crippen MR) is 83.5 cm³/mol. The molecular formula is C11H16Cl2N3O6P. The molecule has 2 heterocycles. The second-order valence-electron chi connectivity index (χ2n) is 4.95. The van der Waals surface area contributed by atoms with E-state index in [0.717, 1.165) is 4.57 Å². The molecule has 0 unspecified atom stereocenters. The van der Waals surface area contributed by atoms with E-state index in [4.69, 9.17) is 33.0 Å². The molecule has 0 spiro atoms. The lowest BCUT2D eigenvalue weighted by Crippen LogP contribution is -2.36. The zero-order valence-corrected chi connectivity index (χ0v) is 14.4. The van der Waals surface area contributed by atoms with Crippen molar-refractivity contribution in [2.45, 2.75) is 37.9 Å². The normalized spacial score (nSPS) is 28.2. The molecule has 0 radical (unpaired) electrons. The highest BCUT2D eigenvalue weighted by Gasteiger charge is 2.45. The Hall–Kier alpha value is -0.670. The fourth-order valence-electron chi connectivity index (χ4n) is 2.23. The van der Waals surface area contributed by atoms with Crippen LogP contribution in [-0.4, -0.2) is 44.7 Å². The Kier molecular flexibility index (Phi) is 5.73. The summed E-state index contributed by atoms with van der Waals surface area (Å²) in [5.74, 6) is 0.0897. The fourth-order valence-corrected chi connectivity index (χ4v) is 2.89. The number of nitrogens with zero attached hydrogens (tertiary/aromatic N) is 2. The van der Waals surface area contributed by atoms with E-state index in [1.807, 2.05) is 6.92 Å². The van der Waals surface area contributed by atoms with Gasteiger partial charge < -0.3 is 25.2 Å². The van der Waals surface area contributed by atoms with Crippen molar-refractivity contribution in [1.82, 2.24) is 9.55 Å². The Morgan fingerprint density at radius 3 is 2.70 bits per heavy atom. The van der Waals surface area contributed by atoms with Crippen molar-refractivity contribution >= 4 is 34.4 Å². The molecule has 0 aromatic carbocycles. The minimum absolute atomic E-state index is 0.0897. The van der Waals surface area contributed by atoms with Crippen LogP contribution in [0, 0.1) is 0 Å². The van der Waals surface area contributed by atoms with E-state index in [1.54, 1.807) is 0 Å². The van der Waals surface area contributed by atoms with Crippen molar-refractivity contribution in [3.63, 3.8) is 0 Å². The van der Waals surface area contributed by atoms with Crippen LogP contribution in [0.1, 0.15) is 18.7 Å². The van der Waals surface area contributed by atoms with Crippen molar-refractivity contribution in [3.05, 3.63) is 22.2 Å². The number of nitrogens with two attached hydrogens (primary N) is 1. The molecule has 12 heteroatoms. The quantitative estimate of drug-likeness (QED) is 0.624. The average molecular weight is 388 g/mol. The Morgan fingerprint density at radius 2 is 2.13 bits per heavy atom. The number of aromatic nitrogens is 2. The van der Waals surface area contributed by atoms with Gasteiger partial charge in [0.2, 0.25) is 0 Å². The number of aryl methyl sites for hydroxylation is 1. The van der Waals surface area contributed by atoms with Crippen LogP contribution in [0.25, 0.3) is 0 Å². The van der Waals surface area contributed by atoms with E-state index >= 15 is 0 Å². The van der Waals surface area contributed by atoms with Crippen LogP contribution < -0.4 is 11.4 Å². The van der Waals surface area contributed by atoms with Crippen LogP contribution in [0.2, 0.25) is 0 Å². The third-order valence-electron chi connectivity index (χ3n) is 3.44. The molecule has 1 saturated heterocycles. The number of aliphatic hydroxyl groups is 2. The van der Waals surface area contributed by atoms with Crippen molar-refractivity contribution < 1.29 is 24.0 Å². The highest BCUT2D eigenvalue weighted by Crippen LogP contribution is 2.57. The molecule has 23 heavy (non-hydrogen) atoms. The number of aliphatic hydroxyl groups excluding tert-OH is 2. The van der Waals surface area contributed by atoms with Crippen molar-refractivity contribution in [2.24, 2.45) is 0 Å². The van der Waals surface area contributed by atoms with Gasteiger partial charge in [-0.1, -0.05) is 6.92 Å². The van der Waals surface area contributed by atoms with Gasteiger partial charge in [-0.25, -0.2) is 4.79 Å². The summed E-state index contributed by atoms with van der Waals surface area (Å²) in [5, 5.41) is 20.1. The number of nitrogen functional groups attached to an aromatic ring is 1. The van der Waals surface area contributed by atoms with Gasteiger partial charge in [-0.3, -0.25) is 9.13 Å². The van der Waals surface area contributed by atoms with E-state index in [1.165, 1.54) is 6.20 Å². The molecule has 2 rings (SSSR count). The lowest BCUT2D eigenvalue weighted by Gasteiger charge is -2.18. The maximum Gasteiger partial charge on any atom is 0.380 e. The standard InChI is InChI=1S/C11H16Cl2N3O6P/c1-2-5-3-16(11(19)15-9(5)14)10-8(18)7(17)6(22-10)4-21-23(12,13)20/h3,6-8,10,17-18H,2,4H2,1H3,(H2,14,15,19)/t6-,7+,8+,10-/m1/s1. The van der Waals surface area contributed by atoms with Crippen LogP contribution in [0.3, 0.4) is 0 Å². The molecule has 9 nitrogen and oxygen atoms in total. The Morgan fingerprint density at radius 1 is 1.48 bits per heavy atom. The first kappa shape index (κ1) is 18.7. The molecule has 1 aliphatic rings. The molecule has 1 aromatic rings. The highest BCUT2D eigenvalue weighted by atomic mass is 35.9. The molecule has 0 amide bonds. The molecule has 0 saturated carbocycles. The van der Waals surface area contributed by atoms with Crippen LogP contribution in [0.15, 0.2) is 11.0 Å². The Bertz CT molecular complexity index is 680. The maximum absolute atomic E-state index is 12.0. The Balaban J connectivity index is 2.24. The summed E-state index contributed by atoms with van der Waals surface area (Å²) < 4.78 is 22.2. The van der Waals surface area contributed by atoms with Crippen molar-refractivity contribution in [1.29, 1.82) is 0 Å². The molecule has 1 fully saturated rings. The van der Waals surface area contributed by atoms with Crippen molar-refractivity contribution in [3.8, 4) is 0 Å². The van der Waals surface area contributed by atoms with Gasteiger partial charge >= 0.3 is 11.8 Å². The number of rotatable bonds is 5. The molecule has 4 atom stereocenters. The second-order valence-corrected chi connectivity index (χ2v) is 9.23. The summed E-state index contributed by atoms with van der Waals surface area (Å²) in [6.45, 7) is 1.40. The monoisotopic (exact) mass is 387 g/mol. The average Bonchev–Trinajstić information content (AvgIpc) is 2.73. The molecule has 1 aliphatic heterocycles. The maximum atomic E-state index is 12.0. The molecular weight excluding hydrogens is 372 g/mol. The lowest BCUT2D eigenvalue weighted by atomic mass is 10.1. The van der Waals surface area contributed by atoms with Gasteiger partial charge in [0.15, 0.2) is 6.23 Å². The molecule has 1 aromatic heterocycles. The van der Waals surface area contributed by atoms with E-state index in [9.17, 15) is 19.6 Å². The number of hydrogen-bond acceptors (Lipinski definition) is 8.